The minimum atomic E-state index is -1.21. The number of rotatable bonds is 8. The summed E-state index contributed by atoms with van der Waals surface area (Å²) in [5.41, 5.74) is 1.60. The molecule has 0 saturated carbocycles. The van der Waals surface area contributed by atoms with Crippen LogP contribution in [0.2, 0.25) is 5.02 Å². The van der Waals surface area contributed by atoms with Crippen molar-refractivity contribution in [1.82, 2.24) is 10.6 Å². The molecule has 3 rings (SSSR count). The topological polar surface area (TPSA) is 140 Å². The predicted octanol–water partition coefficient (Wildman–Crippen LogP) is 4.50. The number of aliphatic hydroxyl groups excluding tert-OH is 1. The van der Waals surface area contributed by atoms with E-state index in [9.17, 15) is 24.3 Å². The second kappa shape index (κ2) is 17.7. The van der Waals surface area contributed by atoms with E-state index in [1.54, 1.807) is 25.1 Å². The third-order valence-electron chi connectivity index (χ3n) is 7.67. The molecular formula is C35H45ClN2O8. The number of methoxy groups -OCH3 is 1. The number of carbonyl (C=O) groups excluding carboxylic acids is 4. The lowest BCUT2D eigenvalue weighted by Crippen LogP contribution is -2.50. The van der Waals surface area contributed by atoms with Crippen molar-refractivity contribution >= 4 is 41.4 Å². The van der Waals surface area contributed by atoms with Gasteiger partial charge in [-0.3, -0.25) is 14.4 Å². The highest BCUT2D eigenvalue weighted by atomic mass is 35.5. The largest absolute Gasteiger partial charge is 0.495 e. The first kappa shape index (κ1) is 36.6. The monoisotopic (exact) mass is 656 g/mol. The molecule has 3 N–H and O–H groups in total. The fraction of sp³-hybridized carbons (Fsp3) is 0.486. The number of aliphatic hydroxyl groups is 1. The van der Waals surface area contributed by atoms with E-state index in [2.05, 4.69) is 10.6 Å². The summed E-state index contributed by atoms with van der Waals surface area (Å²) in [6, 6.07) is 13.6. The Balaban J connectivity index is 1.89. The molecule has 0 spiro atoms. The third kappa shape index (κ3) is 11.5. The van der Waals surface area contributed by atoms with E-state index in [0.717, 1.165) is 5.56 Å². The average Bonchev–Trinajstić information content (AvgIpc) is 3.01. The standard InChI is InChI=1S/C35H45ClN2O8/c1-21(2)15-31-35(43)45-30(22(3)11-12-24-9-7-6-8-10-24)18-26(39)19-32(40)38-28(33(41)37-20-23(4)34(42)46-31)17-25-13-14-29(44-5)27(36)16-25/h6-14,16,21-23,26,28,30-31,39H,15,17-20H2,1-5H3,(H,37,41)(H,38,40)/t22-,23-,26?,28-,30?,31+/m1/s1. The number of hydrogen-bond acceptors (Lipinski definition) is 8. The predicted molar refractivity (Wildman–Crippen MR) is 175 cm³/mol. The first-order valence-electron chi connectivity index (χ1n) is 15.6. The van der Waals surface area contributed by atoms with Gasteiger partial charge >= 0.3 is 11.9 Å². The smallest absolute Gasteiger partial charge is 0.347 e. The number of carbonyl (C=O) groups is 4. The SMILES string of the molecule is COc1ccc(C[C@H]2NC(=O)CC(O)CC([C@H](C)C=Cc3ccccc3)OC(=O)[C@H](CC(C)C)OC(=O)[C@H](C)CNC2=O)cc1Cl. The van der Waals surface area contributed by atoms with E-state index >= 15 is 0 Å². The molecule has 2 unspecified atom stereocenters. The summed E-state index contributed by atoms with van der Waals surface area (Å²) < 4.78 is 16.7. The number of benzene rings is 2. The zero-order chi connectivity index (χ0) is 33.8. The molecule has 6 atom stereocenters. The maximum absolute atomic E-state index is 13.4. The van der Waals surface area contributed by atoms with Crippen LogP contribution in [0.15, 0.2) is 54.6 Å². The van der Waals surface area contributed by atoms with E-state index in [1.807, 2.05) is 63.3 Å². The minimum Gasteiger partial charge on any atom is -0.495 e. The normalized spacial score (nSPS) is 24.6. The lowest BCUT2D eigenvalue weighted by molar-refractivity contribution is -0.176. The van der Waals surface area contributed by atoms with Gasteiger partial charge in [-0.25, -0.2) is 4.79 Å². The van der Waals surface area contributed by atoms with E-state index < -0.39 is 54.0 Å². The minimum absolute atomic E-state index is 0.00121. The number of halogens is 1. The summed E-state index contributed by atoms with van der Waals surface area (Å²) in [4.78, 5) is 52.9. The molecule has 2 aromatic carbocycles. The summed E-state index contributed by atoms with van der Waals surface area (Å²) in [5, 5.41) is 16.8. The zero-order valence-corrected chi connectivity index (χ0v) is 27.8. The second-order valence-corrected chi connectivity index (χ2v) is 12.6. The first-order chi connectivity index (χ1) is 21.9. The molecule has 11 heteroatoms. The molecule has 1 fully saturated rings. The van der Waals surface area contributed by atoms with E-state index in [1.165, 1.54) is 7.11 Å². The third-order valence-corrected chi connectivity index (χ3v) is 7.97. The van der Waals surface area contributed by atoms with Gasteiger partial charge in [-0.15, -0.1) is 0 Å². The molecule has 1 heterocycles. The maximum atomic E-state index is 13.4. The number of nitrogens with one attached hydrogen (secondary N) is 2. The molecule has 0 aliphatic carbocycles. The molecule has 0 aromatic heterocycles. The summed E-state index contributed by atoms with van der Waals surface area (Å²) >= 11 is 6.29. The van der Waals surface area contributed by atoms with Gasteiger partial charge in [-0.2, -0.15) is 0 Å². The Morgan fingerprint density at radius 1 is 1.04 bits per heavy atom. The summed E-state index contributed by atoms with van der Waals surface area (Å²) in [5.74, 6) is -3.20. The van der Waals surface area contributed by atoms with Gasteiger partial charge in [0, 0.05) is 25.3 Å². The Hall–Kier alpha value is -3.89. The van der Waals surface area contributed by atoms with Crippen molar-refractivity contribution in [2.24, 2.45) is 17.8 Å². The number of cyclic esters (lactones) is 2. The van der Waals surface area contributed by atoms with Crippen molar-refractivity contribution in [3.05, 3.63) is 70.8 Å². The molecule has 46 heavy (non-hydrogen) atoms. The Labute approximate surface area is 275 Å². The van der Waals surface area contributed by atoms with Crippen molar-refractivity contribution in [3.8, 4) is 5.75 Å². The van der Waals surface area contributed by atoms with Crippen LogP contribution in [0.1, 0.15) is 58.1 Å². The van der Waals surface area contributed by atoms with Gasteiger partial charge in [0.05, 0.1) is 30.6 Å². The van der Waals surface area contributed by atoms with Crippen LogP contribution in [-0.4, -0.2) is 66.9 Å². The van der Waals surface area contributed by atoms with Crippen molar-refractivity contribution in [2.75, 3.05) is 13.7 Å². The highest BCUT2D eigenvalue weighted by Gasteiger charge is 2.33. The molecule has 10 nitrogen and oxygen atoms in total. The van der Waals surface area contributed by atoms with Crippen LogP contribution in [0.4, 0.5) is 0 Å². The van der Waals surface area contributed by atoms with Gasteiger partial charge in [0.15, 0.2) is 6.10 Å². The highest BCUT2D eigenvalue weighted by Crippen LogP contribution is 2.26. The van der Waals surface area contributed by atoms with Crippen LogP contribution in [0, 0.1) is 17.8 Å². The first-order valence-corrected chi connectivity index (χ1v) is 16.0. The Kier molecular flexibility index (Phi) is 14.1. The van der Waals surface area contributed by atoms with Crippen LogP contribution in [0.5, 0.6) is 5.75 Å². The summed E-state index contributed by atoms with van der Waals surface area (Å²) in [6.45, 7) is 7.11. The Morgan fingerprint density at radius 2 is 1.76 bits per heavy atom. The van der Waals surface area contributed by atoms with Gasteiger partial charge < -0.3 is 30.0 Å². The van der Waals surface area contributed by atoms with Gasteiger partial charge in [0.2, 0.25) is 11.8 Å². The summed E-state index contributed by atoms with van der Waals surface area (Å²) in [6.07, 6.45) is 0.441. The van der Waals surface area contributed by atoms with Crippen LogP contribution >= 0.6 is 11.6 Å². The molecule has 1 aliphatic rings. The van der Waals surface area contributed by atoms with Crippen molar-refractivity contribution < 1.29 is 38.5 Å². The Bertz CT molecular complexity index is 1370. The molecule has 0 radical (unpaired) electrons. The van der Waals surface area contributed by atoms with Gasteiger partial charge in [0.1, 0.15) is 17.9 Å². The van der Waals surface area contributed by atoms with Crippen LogP contribution in [0.3, 0.4) is 0 Å². The molecule has 250 valence electrons. The molecule has 2 amide bonds. The van der Waals surface area contributed by atoms with E-state index in [-0.39, 0.29) is 44.1 Å². The lowest BCUT2D eigenvalue weighted by Gasteiger charge is -2.28. The van der Waals surface area contributed by atoms with Crippen LogP contribution in [0.25, 0.3) is 6.08 Å². The van der Waals surface area contributed by atoms with Gasteiger partial charge in [-0.1, -0.05) is 87.8 Å². The quantitative estimate of drug-likeness (QED) is 0.353. The van der Waals surface area contributed by atoms with Crippen LogP contribution in [-0.2, 0) is 35.1 Å². The number of ether oxygens (including phenoxy) is 3. The zero-order valence-electron chi connectivity index (χ0n) is 27.0. The van der Waals surface area contributed by atoms with Gasteiger partial charge in [0.25, 0.3) is 0 Å². The molecule has 1 saturated heterocycles. The molecule has 0 bridgehead atoms. The lowest BCUT2D eigenvalue weighted by atomic mass is 9.95. The number of hydrogen-bond donors (Lipinski definition) is 3. The number of amides is 2. The Morgan fingerprint density at radius 3 is 2.41 bits per heavy atom. The number of esters is 2. The molecular weight excluding hydrogens is 612 g/mol. The molecule has 1 aliphatic heterocycles. The fourth-order valence-electron chi connectivity index (χ4n) is 4.98. The van der Waals surface area contributed by atoms with E-state index in [4.69, 9.17) is 25.8 Å². The summed E-state index contributed by atoms with van der Waals surface area (Å²) in [7, 11) is 1.49. The van der Waals surface area contributed by atoms with Crippen LogP contribution < -0.4 is 15.4 Å². The van der Waals surface area contributed by atoms with Crippen molar-refractivity contribution in [2.45, 2.75) is 77.7 Å². The maximum Gasteiger partial charge on any atom is 0.347 e. The average molecular weight is 657 g/mol. The van der Waals surface area contributed by atoms with Crippen molar-refractivity contribution in [3.63, 3.8) is 0 Å². The highest BCUT2D eigenvalue weighted by molar-refractivity contribution is 6.32. The molecule has 2 aromatic rings. The van der Waals surface area contributed by atoms with E-state index in [0.29, 0.717) is 16.3 Å². The second-order valence-electron chi connectivity index (χ2n) is 12.2. The van der Waals surface area contributed by atoms with Gasteiger partial charge in [-0.05, 0) is 35.6 Å². The fourth-order valence-corrected chi connectivity index (χ4v) is 5.26. The van der Waals surface area contributed by atoms with Crippen molar-refractivity contribution in [1.29, 1.82) is 0 Å².